The number of fused-ring (bicyclic) bond motifs is 1. The summed E-state index contributed by atoms with van der Waals surface area (Å²) in [5.41, 5.74) is 1.24. The zero-order valence-electron chi connectivity index (χ0n) is 16.6. The first-order valence-corrected chi connectivity index (χ1v) is 11.3. The minimum absolute atomic E-state index is 0.0210. The lowest BCUT2D eigenvalue weighted by atomic mass is 10.3. The average Bonchev–Trinajstić information content (AvgIpc) is 3.03. The zero-order chi connectivity index (χ0) is 21.9. The number of aryl methyl sites for hydroxylation is 1. The fourth-order valence-electron chi connectivity index (χ4n) is 3.12. The molecule has 0 saturated carbocycles. The van der Waals surface area contributed by atoms with E-state index in [0.717, 1.165) is 0 Å². The van der Waals surface area contributed by atoms with E-state index in [0.29, 0.717) is 24.2 Å². The number of hydrogen-bond donors (Lipinski definition) is 1. The van der Waals surface area contributed by atoms with Crippen molar-refractivity contribution in [3.63, 3.8) is 0 Å². The molecule has 10 heteroatoms. The van der Waals surface area contributed by atoms with E-state index in [1.807, 2.05) is 0 Å². The van der Waals surface area contributed by atoms with Gasteiger partial charge in [0.15, 0.2) is 5.58 Å². The molecule has 0 bridgehead atoms. The van der Waals surface area contributed by atoms with E-state index in [1.54, 1.807) is 38.1 Å². The van der Waals surface area contributed by atoms with Crippen LogP contribution in [0.5, 0.6) is 0 Å². The molecule has 160 valence electrons. The van der Waals surface area contributed by atoms with Crippen molar-refractivity contribution in [1.82, 2.24) is 8.87 Å². The van der Waals surface area contributed by atoms with E-state index < -0.39 is 21.7 Å². The van der Waals surface area contributed by atoms with E-state index in [1.165, 1.54) is 27.1 Å². The molecule has 0 saturated heterocycles. The highest BCUT2D eigenvalue weighted by molar-refractivity contribution is 7.89. The molecule has 0 aliphatic carbocycles. The molecular weight excluding hydrogens is 430 g/mol. The Morgan fingerprint density at radius 1 is 1.17 bits per heavy atom. The highest BCUT2D eigenvalue weighted by Crippen LogP contribution is 2.27. The molecule has 1 aromatic heterocycles. The molecule has 1 amide bonds. The van der Waals surface area contributed by atoms with Crippen LogP contribution < -0.4 is 11.1 Å². The molecule has 1 N–H and O–H groups in total. The second kappa shape index (κ2) is 9.03. The smallest absolute Gasteiger partial charge is 0.408 e. The minimum atomic E-state index is -3.69. The number of carbonyl (C=O) groups is 1. The van der Waals surface area contributed by atoms with Crippen LogP contribution in [0.1, 0.15) is 20.3 Å². The normalized spacial score (nSPS) is 11.9. The summed E-state index contributed by atoms with van der Waals surface area (Å²) >= 11 is 6.15. The summed E-state index contributed by atoms with van der Waals surface area (Å²) in [6, 6.07) is 11.1. The first-order valence-electron chi connectivity index (χ1n) is 9.45. The summed E-state index contributed by atoms with van der Waals surface area (Å²) in [7, 11) is -3.69. The molecule has 8 nitrogen and oxygen atoms in total. The number of nitrogens with zero attached hydrogens (tertiary/aromatic N) is 2. The molecule has 0 radical (unpaired) electrons. The van der Waals surface area contributed by atoms with Crippen molar-refractivity contribution in [3.8, 4) is 0 Å². The molecule has 0 unspecified atom stereocenters. The number of amides is 1. The number of benzene rings is 2. The second-order valence-corrected chi connectivity index (χ2v) is 8.86. The molecule has 3 aromatic rings. The number of para-hydroxylation sites is 2. The molecule has 0 aliphatic rings. The molecule has 30 heavy (non-hydrogen) atoms. The van der Waals surface area contributed by atoms with E-state index in [2.05, 4.69) is 5.32 Å². The predicted octanol–water partition coefficient (Wildman–Crippen LogP) is 3.31. The van der Waals surface area contributed by atoms with Gasteiger partial charge >= 0.3 is 5.76 Å². The first kappa shape index (κ1) is 22.1. The predicted molar refractivity (Wildman–Crippen MR) is 115 cm³/mol. The lowest BCUT2D eigenvalue weighted by Gasteiger charge is -2.19. The van der Waals surface area contributed by atoms with Crippen LogP contribution in [0.2, 0.25) is 5.02 Å². The monoisotopic (exact) mass is 451 g/mol. The van der Waals surface area contributed by atoms with Gasteiger partial charge in [0.1, 0.15) is 0 Å². The van der Waals surface area contributed by atoms with Gasteiger partial charge in [0.2, 0.25) is 15.9 Å². The fourth-order valence-corrected chi connectivity index (χ4v) is 4.77. The van der Waals surface area contributed by atoms with E-state index in [4.69, 9.17) is 16.0 Å². The number of halogens is 1. The number of nitrogens with one attached hydrogen (secondary N) is 1. The van der Waals surface area contributed by atoms with Crippen molar-refractivity contribution in [2.24, 2.45) is 0 Å². The van der Waals surface area contributed by atoms with Gasteiger partial charge in [0, 0.05) is 26.1 Å². The van der Waals surface area contributed by atoms with Crippen LogP contribution in [0, 0.1) is 0 Å². The SMILES string of the molecule is CCN(CC)S(=O)(=O)c1ccc(Cl)c(NC(=O)CCn2c(=O)oc3ccccc32)c1. The number of oxazole rings is 1. The van der Waals surface area contributed by atoms with Crippen LogP contribution >= 0.6 is 11.6 Å². The number of anilines is 1. The van der Waals surface area contributed by atoms with Gasteiger partial charge in [0.25, 0.3) is 0 Å². The van der Waals surface area contributed by atoms with Crippen molar-refractivity contribution in [3.05, 3.63) is 58.0 Å². The first-order chi connectivity index (χ1) is 14.3. The van der Waals surface area contributed by atoms with E-state index >= 15 is 0 Å². The van der Waals surface area contributed by atoms with Gasteiger partial charge in [-0.05, 0) is 30.3 Å². The van der Waals surface area contributed by atoms with Crippen LogP contribution in [-0.2, 0) is 21.4 Å². The average molecular weight is 452 g/mol. The number of hydrogen-bond acceptors (Lipinski definition) is 5. The van der Waals surface area contributed by atoms with Crippen molar-refractivity contribution in [1.29, 1.82) is 0 Å². The quantitative estimate of drug-likeness (QED) is 0.566. The largest absolute Gasteiger partial charge is 0.419 e. The molecule has 3 rings (SSSR count). The Balaban J connectivity index is 1.77. The van der Waals surface area contributed by atoms with Crippen LogP contribution in [0.4, 0.5) is 5.69 Å². The van der Waals surface area contributed by atoms with Crippen LogP contribution in [-0.4, -0.2) is 36.3 Å². The number of sulfonamides is 1. The standard InChI is InChI=1S/C20H22ClN3O5S/c1-3-23(4-2)30(27,28)14-9-10-15(21)16(13-14)22-19(25)11-12-24-17-7-5-6-8-18(17)29-20(24)26/h5-10,13H,3-4,11-12H2,1-2H3,(H,22,25). The maximum atomic E-state index is 12.7. The summed E-state index contributed by atoms with van der Waals surface area (Å²) < 4.78 is 33.3. The maximum absolute atomic E-state index is 12.7. The third-order valence-corrected chi connectivity index (χ3v) is 7.07. The Morgan fingerprint density at radius 2 is 1.87 bits per heavy atom. The lowest BCUT2D eigenvalue weighted by molar-refractivity contribution is -0.116. The summed E-state index contributed by atoms with van der Waals surface area (Å²) in [5.74, 6) is -0.958. The summed E-state index contributed by atoms with van der Waals surface area (Å²) in [6.07, 6.45) is -0.0210. The summed E-state index contributed by atoms with van der Waals surface area (Å²) in [4.78, 5) is 24.5. The molecule has 1 heterocycles. The van der Waals surface area contributed by atoms with Gasteiger partial charge in [-0.25, -0.2) is 13.2 Å². The van der Waals surface area contributed by atoms with Gasteiger partial charge in [-0.15, -0.1) is 0 Å². The van der Waals surface area contributed by atoms with E-state index in [-0.39, 0.29) is 28.6 Å². The molecule has 0 aliphatic heterocycles. The van der Waals surface area contributed by atoms with Gasteiger partial charge in [-0.1, -0.05) is 37.6 Å². The Labute approximate surface area is 179 Å². The molecule has 2 aromatic carbocycles. The third kappa shape index (κ3) is 4.43. The Morgan fingerprint density at radius 3 is 2.57 bits per heavy atom. The Hall–Kier alpha value is -2.62. The molecule has 0 fully saturated rings. The number of aromatic nitrogens is 1. The third-order valence-electron chi connectivity index (χ3n) is 4.69. The van der Waals surface area contributed by atoms with Crippen molar-refractivity contribution in [2.45, 2.75) is 31.7 Å². The van der Waals surface area contributed by atoms with Crippen molar-refractivity contribution < 1.29 is 17.6 Å². The zero-order valence-corrected chi connectivity index (χ0v) is 18.2. The highest BCUT2D eigenvalue weighted by Gasteiger charge is 2.23. The van der Waals surface area contributed by atoms with Crippen LogP contribution in [0.3, 0.4) is 0 Å². The van der Waals surface area contributed by atoms with Gasteiger partial charge in [0.05, 0.1) is 21.1 Å². The minimum Gasteiger partial charge on any atom is -0.408 e. The van der Waals surface area contributed by atoms with E-state index in [9.17, 15) is 18.0 Å². The summed E-state index contributed by atoms with van der Waals surface area (Å²) in [6.45, 7) is 4.27. The van der Waals surface area contributed by atoms with Gasteiger partial charge < -0.3 is 9.73 Å². The fraction of sp³-hybridized carbons (Fsp3) is 0.300. The molecule has 0 atom stereocenters. The van der Waals surface area contributed by atoms with Crippen LogP contribution in [0.15, 0.2) is 56.6 Å². The number of carbonyl (C=O) groups excluding carboxylic acids is 1. The van der Waals surface area contributed by atoms with Gasteiger partial charge in [-0.2, -0.15) is 4.31 Å². The van der Waals surface area contributed by atoms with Crippen LogP contribution in [0.25, 0.3) is 11.1 Å². The second-order valence-electron chi connectivity index (χ2n) is 6.52. The van der Waals surface area contributed by atoms with Crippen molar-refractivity contribution in [2.75, 3.05) is 18.4 Å². The Kier molecular flexibility index (Phi) is 6.64. The Bertz CT molecular complexity index is 1230. The number of rotatable bonds is 8. The molecular formula is C20H22ClN3O5S. The highest BCUT2D eigenvalue weighted by atomic mass is 35.5. The van der Waals surface area contributed by atoms with Gasteiger partial charge in [-0.3, -0.25) is 9.36 Å². The topological polar surface area (TPSA) is 102 Å². The lowest BCUT2D eigenvalue weighted by Crippen LogP contribution is -2.30. The maximum Gasteiger partial charge on any atom is 0.419 e. The molecule has 0 spiro atoms. The van der Waals surface area contributed by atoms with Crippen molar-refractivity contribution >= 4 is 44.3 Å². The summed E-state index contributed by atoms with van der Waals surface area (Å²) in [5, 5.41) is 2.84.